The minimum absolute atomic E-state index is 0.0770. The van der Waals surface area contributed by atoms with Crippen molar-refractivity contribution in [2.45, 2.75) is 38.5 Å². The van der Waals surface area contributed by atoms with Crippen LogP contribution in [0.5, 0.6) is 5.75 Å². The third-order valence-electron chi connectivity index (χ3n) is 7.45. The molecule has 3 aromatic rings. The number of amides is 2. The van der Waals surface area contributed by atoms with E-state index in [1.54, 1.807) is 19.2 Å². The minimum atomic E-state index is -0.219. The SMILES string of the molecule is COc1ccc(NC(=O)N2CCC(c3c[nH]c4ccc(F)cc34)CC2)cc1N1CCC(C)CC1. The van der Waals surface area contributed by atoms with Gasteiger partial charge in [-0.3, -0.25) is 0 Å². The third-order valence-corrected chi connectivity index (χ3v) is 7.45. The van der Waals surface area contributed by atoms with Crippen LogP contribution in [0.2, 0.25) is 0 Å². The monoisotopic (exact) mass is 464 g/mol. The van der Waals surface area contributed by atoms with Crippen molar-refractivity contribution in [3.8, 4) is 5.75 Å². The van der Waals surface area contributed by atoms with Gasteiger partial charge in [-0.1, -0.05) is 6.92 Å². The first-order valence-electron chi connectivity index (χ1n) is 12.3. The average molecular weight is 465 g/mol. The number of anilines is 2. The largest absolute Gasteiger partial charge is 0.495 e. The van der Waals surface area contributed by atoms with Gasteiger partial charge in [0.15, 0.2) is 0 Å². The number of aromatic amines is 1. The summed E-state index contributed by atoms with van der Waals surface area (Å²) >= 11 is 0. The number of piperidine rings is 2. The number of carbonyl (C=O) groups excluding carboxylic acids is 1. The molecule has 0 radical (unpaired) electrons. The van der Waals surface area contributed by atoms with Gasteiger partial charge in [0.1, 0.15) is 11.6 Å². The zero-order valence-corrected chi connectivity index (χ0v) is 19.9. The van der Waals surface area contributed by atoms with Crippen molar-refractivity contribution in [2.24, 2.45) is 5.92 Å². The van der Waals surface area contributed by atoms with Crippen LogP contribution in [0.3, 0.4) is 0 Å². The number of hydrogen-bond acceptors (Lipinski definition) is 3. The molecule has 3 heterocycles. The standard InChI is InChI=1S/C27H33FN4O2/c1-18-7-11-31(12-8-18)25-16-21(4-6-26(25)34-2)30-27(33)32-13-9-19(10-14-32)23-17-29-24-5-3-20(28)15-22(23)24/h3-6,15-19,29H,7-14H2,1-2H3,(H,30,33). The van der Waals surface area contributed by atoms with Crippen LogP contribution in [0.15, 0.2) is 42.6 Å². The molecule has 0 unspecified atom stereocenters. The number of carbonyl (C=O) groups is 1. The third kappa shape index (κ3) is 4.56. The number of halogens is 1. The van der Waals surface area contributed by atoms with Crippen LogP contribution >= 0.6 is 0 Å². The fourth-order valence-corrected chi connectivity index (χ4v) is 5.31. The Bertz CT molecular complexity index is 1160. The van der Waals surface area contributed by atoms with Crippen LogP contribution in [-0.2, 0) is 0 Å². The first-order valence-corrected chi connectivity index (χ1v) is 12.3. The van der Waals surface area contributed by atoms with E-state index in [4.69, 9.17) is 4.74 Å². The molecule has 2 amide bonds. The Morgan fingerprint density at radius 2 is 1.82 bits per heavy atom. The summed E-state index contributed by atoms with van der Waals surface area (Å²) in [6, 6.07) is 10.7. The highest BCUT2D eigenvalue weighted by Gasteiger charge is 2.26. The molecule has 0 spiro atoms. The zero-order chi connectivity index (χ0) is 23.7. The number of hydrogen-bond donors (Lipinski definition) is 2. The van der Waals surface area contributed by atoms with Crippen LogP contribution in [0.1, 0.15) is 44.1 Å². The fourth-order valence-electron chi connectivity index (χ4n) is 5.31. The van der Waals surface area contributed by atoms with Crippen molar-refractivity contribution in [3.63, 3.8) is 0 Å². The van der Waals surface area contributed by atoms with E-state index in [0.29, 0.717) is 19.0 Å². The van der Waals surface area contributed by atoms with Gasteiger partial charge in [-0.15, -0.1) is 0 Å². The summed E-state index contributed by atoms with van der Waals surface area (Å²) in [7, 11) is 1.69. The molecule has 2 aliphatic rings. The molecule has 2 fully saturated rings. The normalized spacial score (nSPS) is 17.9. The smallest absolute Gasteiger partial charge is 0.321 e. The highest BCUT2D eigenvalue weighted by atomic mass is 19.1. The maximum atomic E-state index is 13.8. The van der Waals surface area contributed by atoms with Gasteiger partial charge in [0, 0.05) is 49.0 Å². The number of methoxy groups -OCH3 is 1. The molecular formula is C27H33FN4O2. The summed E-state index contributed by atoms with van der Waals surface area (Å²) in [6.45, 7) is 5.64. The lowest BCUT2D eigenvalue weighted by Crippen LogP contribution is -2.40. The first-order chi connectivity index (χ1) is 16.5. The number of ether oxygens (including phenoxy) is 1. The molecule has 180 valence electrons. The Kier molecular flexibility index (Phi) is 6.35. The first kappa shape index (κ1) is 22.6. The number of likely N-dealkylation sites (tertiary alicyclic amines) is 1. The molecule has 2 N–H and O–H groups in total. The molecule has 2 aliphatic heterocycles. The molecule has 6 nitrogen and oxygen atoms in total. The van der Waals surface area contributed by atoms with E-state index in [9.17, 15) is 9.18 Å². The number of fused-ring (bicyclic) bond motifs is 1. The van der Waals surface area contributed by atoms with Crippen LogP contribution in [0.4, 0.5) is 20.6 Å². The Hall–Kier alpha value is -3.22. The highest BCUT2D eigenvalue weighted by Crippen LogP contribution is 2.35. The van der Waals surface area contributed by atoms with Gasteiger partial charge in [0.05, 0.1) is 12.8 Å². The Labute approximate surface area is 200 Å². The topological polar surface area (TPSA) is 60.6 Å². The molecule has 5 rings (SSSR count). The molecule has 2 aromatic carbocycles. The summed E-state index contributed by atoms with van der Waals surface area (Å²) < 4.78 is 19.4. The molecule has 0 aliphatic carbocycles. The number of aromatic nitrogens is 1. The number of benzene rings is 2. The lowest BCUT2D eigenvalue weighted by Gasteiger charge is -2.34. The van der Waals surface area contributed by atoms with E-state index in [0.717, 1.165) is 78.3 Å². The van der Waals surface area contributed by atoms with E-state index in [1.807, 2.05) is 29.3 Å². The van der Waals surface area contributed by atoms with E-state index < -0.39 is 0 Å². The Balaban J connectivity index is 1.23. The van der Waals surface area contributed by atoms with Crippen molar-refractivity contribution in [2.75, 3.05) is 43.5 Å². The second-order valence-electron chi connectivity index (χ2n) is 9.68. The summed E-state index contributed by atoms with van der Waals surface area (Å²) in [5, 5.41) is 4.03. The number of nitrogens with zero attached hydrogens (tertiary/aromatic N) is 2. The van der Waals surface area contributed by atoms with E-state index in [1.165, 1.54) is 6.07 Å². The van der Waals surface area contributed by atoms with E-state index in [2.05, 4.69) is 22.1 Å². The van der Waals surface area contributed by atoms with Gasteiger partial charge in [-0.05, 0) is 79.5 Å². The fraction of sp³-hybridized carbons (Fsp3) is 0.444. The predicted octanol–water partition coefficient (Wildman–Crippen LogP) is 5.96. The zero-order valence-electron chi connectivity index (χ0n) is 19.9. The predicted molar refractivity (Wildman–Crippen MR) is 134 cm³/mol. The molecule has 1 aromatic heterocycles. The van der Waals surface area contributed by atoms with Crippen LogP contribution in [-0.4, -0.2) is 49.2 Å². The number of urea groups is 1. The van der Waals surface area contributed by atoms with Crippen molar-refractivity contribution in [3.05, 3.63) is 54.0 Å². The lowest BCUT2D eigenvalue weighted by atomic mass is 9.89. The highest BCUT2D eigenvalue weighted by molar-refractivity contribution is 5.90. The van der Waals surface area contributed by atoms with Crippen molar-refractivity contribution >= 4 is 28.3 Å². The maximum absolute atomic E-state index is 13.8. The molecule has 7 heteroatoms. The molecule has 0 atom stereocenters. The van der Waals surface area contributed by atoms with Gasteiger partial charge in [0.2, 0.25) is 0 Å². The van der Waals surface area contributed by atoms with E-state index in [-0.39, 0.29) is 11.8 Å². The Morgan fingerprint density at radius 3 is 2.56 bits per heavy atom. The van der Waals surface area contributed by atoms with Crippen LogP contribution in [0.25, 0.3) is 10.9 Å². The maximum Gasteiger partial charge on any atom is 0.321 e. The average Bonchev–Trinajstić information content (AvgIpc) is 3.27. The second kappa shape index (κ2) is 9.57. The van der Waals surface area contributed by atoms with Gasteiger partial charge in [-0.25, -0.2) is 9.18 Å². The number of H-pyrrole nitrogens is 1. The van der Waals surface area contributed by atoms with Crippen molar-refractivity contribution < 1.29 is 13.9 Å². The lowest BCUT2D eigenvalue weighted by molar-refractivity contribution is 0.195. The van der Waals surface area contributed by atoms with E-state index >= 15 is 0 Å². The molecule has 0 bridgehead atoms. The number of rotatable bonds is 4. The van der Waals surface area contributed by atoms with Crippen molar-refractivity contribution in [1.82, 2.24) is 9.88 Å². The van der Waals surface area contributed by atoms with Crippen LogP contribution in [0, 0.1) is 11.7 Å². The second-order valence-corrected chi connectivity index (χ2v) is 9.68. The molecule has 2 saturated heterocycles. The van der Waals surface area contributed by atoms with Gasteiger partial charge >= 0.3 is 6.03 Å². The molecular weight excluding hydrogens is 431 g/mol. The van der Waals surface area contributed by atoms with Gasteiger partial charge in [-0.2, -0.15) is 0 Å². The number of nitrogens with one attached hydrogen (secondary N) is 2. The quantitative estimate of drug-likeness (QED) is 0.501. The minimum Gasteiger partial charge on any atom is -0.495 e. The molecule has 0 saturated carbocycles. The summed E-state index contributed by atoms with van der Waals surface area (Å²) in [5.41, 5.74) is 3.92. The summed E-state index contributed by atoms with van der Waals surface area (Å²) in [5.74, 6) is 1.68. The van der Waals surface area contributed by atoms with Gasteiger partial charge in [0.25, 0.3) is 0 Å². The Morgan fingerprint density at radius 1 is 1.06 bits per heavy atom. The summed E-state index contributed by atoms with van der Waals surface area (Å²) in [4.78, 5) is 20.5. The van der Waals surface area contributed by atoms with Crippen LogP contribution < -0.4 is 15.0 Å². The van der Waals surface area contributed by atoms with Crippen molar-refractivity contribution in [1.29, 1.82) is 0 Å². The summed E-state index contributed by atoms with van der Waals surface area (Å²) in [6.07, 6.45) is 6.04. The van der Waals surface area contributed by atoms with Gasteiger partial charge < -0.3 is 24.8 Å². The molecule has 34 heavy (non-hydrogen) atoms.